The molecule has 0 rings (SSSR count). The van der Waals surface area contributed by atoms with E-state index in [1.165, 1.54) is 0 Å². The number of carbonyl (C=O) groups excluding carboxylic acids is 2. The van der Waals surface area contributed by atoms with E-state index in [1.807, 2.05) is 0 Å². The van der Waals surface area contributed by atoms with Gasteiger partial charge in [0.25, 0.3) is 0 Å². The van der Waals surface area contributed by atoms with Gasteiger partial charge >= 0.3 is 0 Å². The summed E-state index contributed by atoms with van der Waals surface area (Å²) in [5, 5.41) is 11.1. The molecular formula is C13H23NO3. The van der Waals surface area contributed by atoms with Gasteiger partial charge in [-0.2, -0.15) is 0 Å². The van der Waals surface area contributed by atoms with Crippen molar-refractivity contribution in [2.24, 2.45) is 5.92 Å². The lowest BCUT2D eigenvalue weighted by molar-refractivity contribution is -0.932. The van der Waals surface area contributed by atoms with Crippen LogP contribution in [0, 0.1) is 5.92 Å². The Morgan fingerprint density at radius 2 is 1.76 bits per heavy atom. The van der Waals surface area contributed by atoms with E-state index in [9.17, 15) is 14.7 Å². The number of rotatable bonds is 6. The molecule has 17 heavy (non-hydrogen) atoms. The molecule has 0 radical (unpaired) electrons. The van der Waals surface area contributed by atoms with Crippen LogP contribution in [0.25, 0.3) is 0 Å². The smallest absolute Gasteiger partial charge is 0.166 e. The van der Waals surface area contributed by atoms with E-state index in [4.69, 9.17) is 0 Å². The third kappa shape index (κ3) is 3.40. The summed E-state index contributed by atoms with van der Waals surface area (Å²) in [6.45, 7) is 10.7. The highest BCUT2D eigenvalue weighted by atomic mass is 16.4. The molecule has 0 saturated carbocycles. The van der Waals surface area contributed by atoms with Crippen LogP contribution in [0.5, 0.6) is 0 Å². The van der Waals surface area contributed by atoms with Crippen molar-refractivity contribution in [1.82, 2.24) is 0 Å². The maximum absolute atomic E-state index is 11.7. The number of carbonyl (C=O) groups is 2. The summed E-state index contributed by atoms with van der Waals surface area (Å²) in [6.07, 6.45) is 0. The summed E-state index contributed by atoms with van der Waals surface area (Å²) in [5.41, 5.74) is -0.535. The molecule has 0 spiro atoms. The molecule has 0 saturated heterocycles. The third-order valence-corrected chi connectivity index (χ3v) is 3.61. The summed E-state index contributed by atoms with van der Waals surface area (Å²) in [6, 6.07) is 0. The largest absolute Gasteiger partial charge is 0.544 e. The standard InChI is InChI=1S/C13H23NO3/c1-9(2)11(15)10(3)8-14(6,7)13(4,5)12(16)17/h10H,1,8H2,2-7H3. The third-order valence-electron chi connectivity index (χ3n) is 3.61. The van der Waals surface area contributed by atoms with Gasteiger partial charge < -0.3 is 14.4 Å². The Bertz CT molecular complexity index is 343. The molecule has 0 aromatic rings. The molecule has 0 aliphatic rings. The first-order valence-electron chi connectivity index (χ1n) is 5.67. The van der Waals surface area contributed by atoms with Crippen LogP contribution < -0.4 is 5.11 Å². The average Bonchev–Trinajstić information content (AvgIpc) is 2.14. The molecule has 0 bridgehead atoms. The Morgan fingerprint density at radius 3 is 2.06 bits per heavy atom. The Kier molecular flexibility index (Phi) is 4.66. The molecule has 0 aromatic heterocycles. The van der Waals surface area contributed by atoms with Gasteiger partial charge in [-0.3, -0.25) is 4.79 Å². The Labute approximate surface area is 104 Å². The van der Waals surface area contributed by atoms with Crippen LogP contribution in [-0.2, 0) is 9.59 Å². The van der Waals surface area contributed by atoms with Crippen molar-refractivity contribution in [3.8, 4) is 0 Å². The summed E-state index contributed by atoms with van der Waals surface area (Å²) >= 11 is 0. The fourth-order valence-corrected chi connectivity index (χ4v) is 1.66. The maximum Gasteiger partial charge on any atom is 0.166 e. The number of ketones is 1. The van der Waals surface area contributed by atoms with Crippen molar-refractivity contribution in [3.05, 3.63) is 12.2 Å². The summed E-state index contributed by atoms with van der Waals surface area (Å²) in [5.74, 6) is -1.39. The fourth-order valence-electron chi connectivity index (χ4n) is 1.66. The molecule has 0 heterocycles. The number of hydrogen-bond acceptors (Lipinski definition) is 3. The Hall–Kier alpha value is -1.16. The first-order chi connectivity index (χ1) is 7.43. The Balaban J connectivity index is 4.94. The topological polar surface area (TPSA) is 57.2 Å². The number of quaternary nitrogens is 1. The lowest BCUT2D eigenvalue weighted by Crippen LogP contribution is -2.65. The SMILES string of the molecule is C=C(C)C(=O)C(C)C[N+](C)(C)C(C)(C)C(=O)[O-]. The van der Waals surface area contributed by atoms with Gasteiger partial charge in [0.2, 0.25) is 0 Å². The molecular weight excluding hydrogens is 218 g/mol. The Morgan fingerprint density at radius 1 is 1.35 bits per heavy atom. The lowest BCUT2D eigenvalue weighted by atomic mass is 9.94. The van der Waals surface area contributed by atoms with Gasteiger partial charge in [0, 0.05) is 0 Å². The molecule has 1 atom stereocenters. The van der Waals surface area contributed by atoms with E-state index >= 15 is 0 Å². The summed E-state index contributed by atoms with van der Waals surface area (Å²) < 4.78 is 0.190. The van der Waals surface area contributed by atoms with E-state index in [1.54, 1.807) is 41.8 Å². The summed E-state index contributed by atoms with van der Waals surface area (Å²) in [7, 11) is 3.58. The van der Waals surface area contributed by atoms with E-state index in [-0.39, 0.29) is 16.2 Å². The number of likely N-dealkylation sites (N-methyl/N-ethyl adjacent to an activating group) is 1. The first-order valence-corrected chi connectivity index (χ1v) is 5.67. The minimum Gasteiger partial charge on any atom is -0.544 e. The number of aliphatic carboxylic acids is 1. The summed E-state index contributed by atoms with van der Waals surface area (Å²) in [4.78, 5) is 22.9. The maximum atomic E-state index is 11.7. The van der Waals surface area contributed by atoms with Crippen molar-refractivity contribution in [2.75, 3.05) is 20.6 Å². The molecule has 0 N–H and O–H groups in total. The van der Waals surface area contributed by atoms with Gasteiger partial charge in [0.1, 0.15) is 11.5 Å². The second-order valence-electron chi connectivity index (χ2n) is 5.76. The van der Waals surface area contributed by atoms with Gasteiger partial charge in [-0.05, 0) is 33.3 Å². The number of carboxylic acids is 1. The zero-order valence-corrected chi connectivity index (χ0v) is 11.7. The van der Waals surface area contributed by atoms with Crippen molar-refractivity contribution in [2.45, 2.75) is 33.2 Å². The van der Waals surface area contributed by atoms with Gasteiger partial charge in [0.15, 0.2) is 5.78 Å². The lowest BCUT2D eigenvalue weighted by Gasteiger charge is -2.46. The number of carboxylic acid groups (broad SMARTS) is 1. The van der Waals surface area contributed by atoms with E-state index < -0.39 is 11.5 Å². The highest BCUT2D eigenvalue weighted by Gasteiger charge is 2.40. The number of hydrogen-bond donors (Lipinski definition) is 0. The van der Waals surface area contributed by atoms with Crippen molar-refractivity contribution in [1.29, 1.82) is 0 Å². The zero-order chi connectivity index (χ0) is 14.0. The molecule has 4 heteroatoms. The van der Waals surface area contributed by atoms with Crippen molar-refractivity contribution < 1.29 is 19.2 Å². The molecule has 98 valence electrons. The molecule has 4 nitrogen and oxygen atoms in total. The predicted octanol–water partition coefficient (Wildman–Crippen LogP) is 0.373. The van der Waals surface area contributed by atoms with E-state index in [0.717, 1.165) is 0 Å². The monoisotopic (exact) mass is 241 g/mol. The average molecular weight is 241 g/mol. The van der Waals surface area contributed by atoms with Crippen molar-refractivity contribution >= 4 is 11.8 Å². The minimum absolute atomic E-state index is 0.0228. The zero-order valence-electron chi connectivity index (χ0n) is 11.7. The number of Topliss-reactive ketones (excluding diaryl/α,β-unsaturated/α-hetero) is 1. The predicted molar refractivity (Wildman–Crippen MR) is 65.0 cm³/mol. The number of allylic oxidation sites excluding steroid dienone is 1. The molecule has 0 aromatic carbocycles. The molecule has 0 aliphatic carbocycles. The van der Waals surface area contributed by atoms with Crippen LogP contribution in [0.2, 0.25) is 0 Å². The van der Waals surface area contributed by atoms with Crippen LogP contribution in [0.15, 0.2) is 12.2 Å². The van der Waals surface area contributed by atoms with Crippen LogP contribution in [0.1, 0.15) is 27.7 Å². The quantitative estimate of drug-likeness (QED) is 0.499. The molecule has 0 aliphatic heterocycles. The van der Waals surface area contributed by atoms with Gasteiger partial charge in [-0.1, -0.05) is 6.58 Å². The van der Waals surface area contributed by atoms with Gasteiger partial charge in [0.05, 0.1) is 26.6 Å². The van der Waals surface area contributed by atoms with Crippen LogP contribution in [0.3, 0.4) is 0 Å². The van der Waals surface area contributed by atoms with Crippen LogP contribution in [0.4, 0.5) is 0 Å². The second-order valence-corrected chi connectivity index (χ2v) is 5.76. The second kappa shape index (κ2) is 5.00. The normalized spacial score (nSPS) is 14.2. The fraction of sp³-hybridized carbons (Fsp3) is 0.692. The highest BCUT2D eigenvalue weighted by Crippen LogP contribution is 2.22. The minimum atomic E-state index is -1.11. The van der Waals surface area contributed by atoms with Crippen LogP contribution >= 0.6 is 0 Å². The molecule has 1 unspecified atom stereocenters. The van der Waals surface area contributed by atoms with Crippen molar-refractivity contribution in [3.63, 3.8) is 0 Å². The van der Waals surface area contributed by atoms with Gasteiger partial charge in [-0.15, -0.1) is 0 Å². The molecule has 0 amide bonds. The van der Waals surface area contributed by atoms with E-state index in [2.05, 4.69) is 6.58 Å². The number of nitrogens with zero attached hydrogens (tertiary/aromatic N) is 1. The first kappa shape index (κ1) is 15.8. The van der Waals surface area contributed by atoms with Crippen LogP contribution in [-0.4, -0.2) is 42.4 Å². The molecule has 0 fully saturated rings. The van der Waals surface area contributed by atoms with Gasteiger partial charge in [-0.25, -0.2) is 0 Å². The van der Waals surface area contributed by atoms with E-state index in [0.29, 0.717) is 12.1 Å². The highest BCUT2D eigenvalue weighted by molar-refractivity contribution is 5.95.